The number of rotatable bonds is 3. The van der Waals surface area contributed by atoms with E-state index in [1.54, 1.807) is 11.0 Å². The van der Waals surface area contributed by atoms with Gasteiger partial charge in [0.05, 0.1) is 13.0 Å². The van der Waals surface area contributed by atoms with Crippen LogP contribution in [0.4, 0.5) is 0 Å². The fourth-order valence-electron chi connectivity index (χ4n) is 2.21. The van der Waals surface area contributed by atoms with Crippen molar-refractivity contribution in [3.05, 3.63) is 17.5 Å². The van der Waals surface area contributed by atoms with Crippen LogP contribution in [0.3, 0.4) is 0 Å². The lowest BCUT2D eigenvalue weighted by Crippen LogP contribution is -2.30. The lowest BCUT2D eigenvalue weighted by Gasteiger charge is -2.14. The second kappa shape index (κ2) is 5.42. The van der Waals surface area contributed by atoms with Gasteiger partial charge >= 0.3 is 5.97 Å². The van der Waals surface area contributed by atoms with E-state index in [0.717, 1.165) is 5.69 Å². The Morgan fingerprint density at radius 2 is 2.26 bits per heavy atom. The molecule has 0 radical (unpaired) electrons. The first kappa shape index (κ1) is 13.6. The van der Waals surface area contributed by atoms with Gasteiger partial charge in [0.1, 0.15) is 5.69 Å². The first-order valence-corrected chi connectivity index (χ1v) is 6.45. The SMILES string of the molecule is COC(=O)C1CCN(C(=O)c2cc(C(C)C)[nH]n2)C1. The maximum absolute atomic E-state index is 12.2. The maximum atomic E-state index is 12.2. The molecule has 1 unspecified atom stereocenters. The van der Waals surface area contributed by atoms with E-state index in [1.807, 2.05) is 13.8 Å². The number of amides is 1. The number of nitrogens with one attached hydrogen (secondary N) is 1. The standard InChI is InChI=1S/C13H19N3O3/c1-8(2)10-6-11(15-14-10)12(17)16-5-4-9(7-16)13(18)19-3/h6,8-9H,4-5,7H2,1-3H3,(H,14,15). The van der Waals surface area contributed by atoms with Crippen molar-refractivity contribution < 1.29 is 14.3 Å². The zero-order valence-corrected chi connectivity index (χ0v) is 11.5. The quantitative estimate of drug-likeness (QED) is 0.832. The molecule has 0 aromatic carbocycles. The Morgan fingerprint density at radius 3 is 2.84 bits per heavy atom. The Balaban J connectivity index is 2.02. The number of esters is 1. The molecule has 6 heteroatoms. The van der Waals surface area contributed by atoms with Crippen LogP contribution in [-0.2, 0) is 9.53 Å². The van der Waals surface area contributed by atoms with E-state index in [9.17, 15) is 9.59 Å². The summed E-state index contributed by atoms with van der Waals surface area (Å²) in [5.41, 5.74) is 1.35. The molecular weight excluding hydrogens is 246 g/mol. The summed E-state index contributed by atoms with van der Waals surface area (Å²) in [6.07, 6.45) is 0.653. The highest BCUT2D eigenvalue weighted by molar-refractivity contribution is 5.93. The van der Waals surface area contributed by atoms with Crippen molar-refractivity contribution in [1.82, 2.24) is 15.1 Å². The molecule has 0 spiro atoms. The first-order valence-electron chi connectivity index (χ1n) is 6.45. The Kier molecular flexibility index (Phi) is 3.87. The molecule has 19 heavy (non-hydrogen) atoms. The number of hydrogen-bond acceptors (Lipinski definition) is 4. The molecule has 0 saturated carbocycles. The van der Waals surface area contributed by atoms with Gasteiger partial charge in [0, 0.05) is 18.8 Å². The van der Waals surface area contributed by atoms with Crippen LogP contribution in [0.15, 0.2) is 6.07 Å². The molecule has 1 aliphatic heterocycles. The van der Waals surface area contributed by atoms with E-state index in [0.29, 0.717) is 31.1 Å². The van der Waals surface area contributed by atoms with E-state index in [-0.39, 0.29) is 17.8 Å². The predicted molar refractivity (Wildman–Crippen MR) is 68.7 cm³/mol. The monoisotopic (exact) mass is 265 g/mol. The van der Waals surface area contributed by atoms with Gasteiger partial charge in [-0.15, -0.1) is 0 Å². The molecule has 1 aromatic heterocycles. The van der Waals surface area contributed by atoms with Crippen molar-refractivity contribution in [2.45, 2.75) is 26.2 Å². The van der Waals surface area contributed by atoms with Crippen LogP contribution in [0.2, 0.25) is 0 Å². The fraction of sp³-hybridized carbons (Fsp3) is 0.615. The van der Waals surface area contributed by atoms with Gasteiger partial charge in [0.15, 0.2) is 0 Å². The third-order valence-corrected chi connectivity index (χ3v) is 3.45. The largest absolute Gasteiger partial charge is 0.469 e. The Labute approximate surface area is 112 Å². The molecule has 1 aromatic rings. The summed E-state index contributed by atoms with van der Waals surface area (Å²) >= 11 is 0. The molecule has 104 valence electrons. The number of aromatic amines is 1. The van der Waals surface area contributed by atoms with Crippen molar-refractivity contribution in [2.24, 2.45) is 5.92 Å². The average molecular weight is 265 g/mol. The molecule has 1 saturated heterocycles. The maximum Gasteiger partial charge on any atom is 0.310 e. The molecule has 2 rings (SSSR count). The van der Waals surface area contributed by atoms with Crippen LogP contribution < -0.4 is 0 Å². The van der Waals surface area contributed by atoms with E-state index >= 15 is 0 Å². The fourth-order valence-corrected chi connectivity index (χ4v) is 2.21. The van der Waals surface area contributed by atoms with Crippen molar-refractivity contribution in [3.63, 3.8) is 0 Å². The van der Waals surface area contributed by atoms with Crippen LogP contribution in [0, 0.1) is 5.92 Å². The van der Waals surface area contributed by atoms with E-state index in [1.165, 1.54) is 7.11 Å². The third-order valence-electron chi connectivity index (χ3n) is 3.45. The van der Waals surface area contributed by atoms with Gasteiger partial charge in [-0.25, -0.2) is 0 Å². The normalized spacial score (nSPS) is 18.9. The minimum atomic E-state index is -0.250. The van der Waals surface area contributed by atoms with Gasteiger partial charge < -0.3 is 9.64 Å². The highest BCUT2D eigenvalue weighted by Crippen LogP contribution is 2.20. The number of H-pyrrole nitrogens is 1. The molecule has 0 aliphatic carbocycles. The Bertz CT molecular complexity index is 481. The molecule has 1 atom stereocenters. The molecule has 6 nitrogen and oxygen atoms in total. The summed E-state index contributed by atoms with van der Waals surface area (Å²) < 4.78 is 4.70. The number of methoxy groups -OCH3 is 1. The summed E-state index contributed by atoms with van der Waals surface area (Å²) in [5.74, 6) is -0.289. The second-order valence-corrected chi connectivity index (χ2v) is 5.12. The zero-order chi connectivity index (χ0) is 14.0. The molecule has 1 amide bonds. The Hall–Kier alpha value is -1.85. The van der Waals surface area contributed by atoms with E-state index in [4.69, 9.17) is 4.74 Å². The number of ether oxygens (including phenoxy) is 1. The summed E-state index contributed by atoms with van der Waals surface area (Å²) in [6.45, 7) is 5.05. The number of nitrogens with zero attached hydrogens (tertiary/aromatic N) is 2. The molecule has 2 heterocycles. The predicted octanol–water partition coefficient (Wildman–Crippen LogP) is 1.17. The van der Waals surface area contributed by atoms with Crippen LogP contribution in [0.1, 0.15) is 42.4 Å². The van der Waals surface area contributed by atoms with Gasteiger partial charge in [-0.05, 0) is 18.4 Å². The number of likely N-dealkylation sites (tertiary alicyclic amines) is 1. The van der Waals surface area contributed by atoms with Gasteiger partial charge in [-0.3, -0.25) is 14.7 Å². The average Bonchev–Trinajstić information content (AvgIpc) is 3.05. The smallest absolute Gasteiger partial charge is 0.310 e. The molecule has 1 aliphatic rings. The van der Waals surface area contributed by atoms with E-state index in [2.05, 4.69) is 10.2 Å². The van der Waals surface area contributed by atoms with Crippen molar-refractivity contribution in [2.75, 3.05) is 20.2 Å². The van der Waals surface area contributed by atoms with E-state index < -0.39 is 0 Å². The topological polar surface area (TPSA) is 75.3 Å². The third kappa shape index (κ3) is 2.77. The van der Waals surface area contributed by atoms with Gasteiger partial charge in [0.25, 0.3) is 5.91 Å². The highest BCUT2D eigenvalue weighted by atomic mass is 16.5. The number of hydrogen-bond donors (Lipinski definition) is 1. The molecule has 1 fully saturated rings. The lowest BCUT2D eigenvalue weighted by atomic mass is 10.1. The molecule has 1 N–H and O–H groups in total. The van der Waals surface area contributed by atoms with Gasteiger partial charge in [0.2, 0.25) is 0 Å². The number of carbonyl (C=O) groups excluding carboxylic acids is 2. The van der Waals surface area contributed by atoms with Crippen molar-refractivity contribution in [3.8, 4) is 0 Å². The summed E-state index contributed by atoms with van der Waals surface area (Å²) in [4.78, 5) is 25.3. The van der Waals surface area contributed by atoms with Gasteiger partial charge in [-0.2, -0.15) is 5.10 Å². The summed E-state index contributed by atoms with van der Waals surface area (Å²) in [5, 5.41) is 6.91. The van der Waals surface area contributed by atoms with Crippen LogP contribution in [0.5, 0.6) is 0 Å². The van der Waals surface area contributed by atoms with Crippen molar-refractivity contribution in [1.29, 1.82) is 0 Å². The summed E-state index contributed by atoms with van der Waals surface area (Å²) in [7, 11) is 1.37. The second-order valence-electron chi connectivity index (χ2n) is 5.12. The van der Waals surface area contributed by atoms with Crippen molar-refractivity contribution >= 4 is 11.9 Å². The highest BCUT2D eigenvalue weighted by Gasteiger charge is 2.32. The van der Waals surface area contributed by atoms with Crippen LogP contribution in [0.25, 0.3) is 0 Å². The number of carbonyl (C=O) groups is 2. The van der Waals surface area contributed by atoms with Crippen LogP contribution in [-0.4, -0.2) is 47.2 Å². The molecule has 0 bridgehead atoms. The lowest BCUT2D eigenvalue weighted by molar-refractivity contribution is -0.144. The summed E-state index contributed by atoms with van der Waals surface area (Å²) in [6, 6.07) is 1.78. The Morgan fingerprint density at radius 1 is 1.53 bits per heavy atom. The van der Waals surface area contributed by atoms with Gasteiger partial charge in [-0.1, -0.05) is 13.8 Å². The minimum Gasteiger partial charge on any atom is -0.469 e. The minimum absolute atomic E-state index is 0.130. The zero-order valence-electron chi connectivity index (χ0n) is 11.5. The first-order chi connectivity index (χ1) is 9.02. The molecular formula is C13H19N3O3. The number of aromatic nitrogens is 2. The van der Waals surface area contributed by atoms with Crippen LogP contribution >= 0.6 is 0 Å².